The molecule has 0 bridgehead atoms. The number of hydrogen-bond acceptors (Lipinski definition) is 3. The van der Waals surface area contributed by atoms with Crippen molar-refractivity contribution in [3.63, 3.8) is 0 Å². The average molecular weight is 494 g/mol. The summed E-state index contributed by atoms with van der Waals surface area (Å²) in [6, 6.07) is 27.5. The van der Waals surface area contributed by atoms with Crippen LogP contribution in [0.3, 0.4) is 0 Å². The van der Waals surface area contributed by atoms with E-state index in [1.54, 1.807) is 0 Å². The highest BCUT2D eigenvalue weighted by atomic mass is 35.5. The number of nitrogens with one attached hydrogen (secondary N) is 1. The van der Waals surface area contributed by atoms with Crippen LogP contribution in [0.2, 0.25) is 5.02 Å². The van der Waals surface area contributed by atoms with Crippen molar-refractivity contribution in [2.45, 2.75) is 38.6 Å². The SMILES string of the molecule is Cl.Cl.Clc1cc(CNC2CCN(Cc3ccccc3)CC2)ccc1OCc1ccccc1. The van der Waals surface area contributed by atoms with Gasteiger partial charge in [-0.3, -0.25) is 4.90 Å². The van der Waals surface area contributed by atoms with Gasteiger partial charge < -0.3 is 10.1 Å². The monoisotopic (exact) mass is 492 g/mol. The molecule has 32 heavy (non-hydrogen) atoms. The zero-order chi connectivity index (χ0) is 20.6. The summed E-state index contributed by atoms with van der Waals surface area (Å²) < 4.78 is 5.88. The van der Waals surface area contributed by atoms with Crippen LogP contribution < -0.4 is 10.1 Å². The summed E-state index contributed by atoms with van der Waals surface area (Å²) in [7, 11) is 0. The molecular weight excluding hydrogens is 463 g/mol. The number of ether oxygens (including phenoxy) is 1. The number of likely N-dealkylation sites (tertiary alicyclic amines) is 1. The number of halogens is 3. The van der Waals surface area contributed by atoms with Crippen LogP contribution in [-0.2, 0) is 19.7 Å². The van der Waals surface area contributed by atoms with Gasteiger partial charge in [-0.2, -0.15) is 0 Å². The molecule has 6 heteroatoms. The van der Waals surface area contributed by atoms with Gasteiger partial charge in [0.1, 0.15) is 12.4 Å². The van der Waals surface area contributed by atoms with Crippen molar-refractivity contribution in [1.29, 1.82) is 0 Å². The Hall–Kier alpha value is -1.75. The Bertz CT molecular complexity index is 917. The molecule has 0 spiro atoms. The minimum atomic E-state index is 0. The van der Waals surface area contributed by atoms with Crippen LogP contribution in [0.25, 0.3) is 0 Å². The van der Waals surface area contributed by atoms with Gasteiger partial charge in [-0.05, 0) is 54.8 Å². The van der Waals surface area contributed by atoms with E-state index in [9.17, 15) is 0 Å². The first-order valence-corrected chi connectivity index (χ1v) is 11.1. The fourth-order valence-corrected chi connectivity index (χ4v) is 4.16. The molecule has 4 rings (SSSR count). The highest BCUT2D eigenvalue weighted by molar-refractivity contribution is 6.32. The Balaban J connectivity index is 0.00000181. The van der Waals surface area contributed by atoms with Crippen LogP contribution in [0.4, 0.5) is 0 Å². The summed E-state index contributed by atoms with van der Waals surface area (Å²) >= 11 is 6.45. The van der Waals surface area contributed by atoms with E-state index in [0.717, 1.165) is 37.5 Å². The number of hydrogen-bond donors (Lipinski definition) is 1. The molecule has 1 aliphatic rings. The van der Waals surface area contributed by atoms with Crippen LogP contribution in [0.15, 0.2) is 78.9 Å². The quantitative estimate of drug-likeness (QED) is 0.387. The first-order valence-electron chi connectivity index (χ1n) is 10.7. The molecule has 1 saturated heterocycles. The highest BCUT2D eigenvalue weighted by Crippen LogP contribution is 2.26. The van der Waals surface area contributed by atoms with Crippen LogP contribution in [0, 0.1) is 0 Å². The summed E-state index contributed by atoms with van der Waals surface area (Å²) in [5, 5.41) is 4.37. The lowest BCUT2D eigenvalue weighted by atomic mass is 10.0. The van der Waals surface area contributed by atoms with Gasteiger partial charge in [0.15, 0.2) is 0 Å². The van der Waals surface area contributed by atoms with Crippen molar-refractivity contribution in [1.82, 2.24) is 10.2 Å². The van der Waals surface area contributed by atoms with Crippen molar-refractivity contribution in [3.8, 4) is 5.75 Å². The first kappa shape index (κ1) is 26.5. The highest BCUT2D eigenvalue weighted by Gasteiger charge is 2.18. The Morgan fingerprint density at radius 2 is 1.44 bits per heavy atom. The van der Waals surface area contributed by atoms with Gasteiger partial charge in [0.05, 0.1) is 5.02 Å². The lowest BCUT2D eigenvalue weighted by Gasteiger charge is -2.32. The van der Waals surface area contributed by atoms with Gasteiger partial charge in [0, 0.05) is 19.1 Å². The Kier molecular flexibility index (Phi) is 11.4. The molecule has 1 aliphatic heterocycles. The summed E-state index contributed by atoms with van der Waals surface area (Å²) in [4.78, 5) is 2.54. The molecule has 1 heterocycles. The van der Waals surface area contributed by atoms with Crippen LogP contribution in [0.5, 0.6) is 5.75 Å². The number of benzene rings is 3. The van der Waals surface area contributed by atoms with Crippen molar-refractivity contribution in [2.24, 2.45) is 0 Å². The van der Waals surface area contributed by atoms with Crippen molar-refractivity contribution in [3.05, 3.63) is 101 Å². The summed E-state index contributed by atoms with van der Waals surface area (Å²) in [5.41, 5.74) is 3.73. The Labute approximate surface area is 208 Å². The molecule has 172 valence electrons. The van der Waals surface area contributed by atoms with Crippen LogP contribution in [0.1, 0.15) is 29.5 Å². The molecule has 3 aromatic carbocycles. The first-order chi connectivity index (χ1) is 14.8. The molecule has 0 aliphatic carbocycles. The number of piperidine rings is 1. The molecule has 0 radical (unpaired) electrons. The third-order valence-corrected chi connectivity index (χ3v) is 5.96. The lowest BCUT2D eigenvalue weighted by molar-refractivity contribution is 0.190. The fraction of sp³-hybridized carbons (Fsp3) is 0.308. The predicted molar refractivity (Wildman–Crippen MR) is 138 cm³/mol. The normalized spacial score (nSPS) is 14.3. The standard InChI is InChI=1S/C26H29ClN2O.2ClH/c27-25-17-23(11-12-26(25)30-20-22-9-5-2-6-10-22)18-28-24-13-15-29(16-14-24)19-21-7-3-1-4-8-21;;/h1-12,17,24,28H,13-16,18-20H2;2*1H. The zero-order valence-electron chi connectivity index (χ0n) is 18.1. The van der Waals surface area contributed by atoms with E-state index in [-0.39, 0.29) is 24.8 Å². The predicted octanol–water partition coefficient (Wildman–Crippen LogP) is 6.52. The van der Waals surface area contributed by atoms with Gasteiger partial charge in [-0.1, -0.05) is 78.3 Å². The maximum absolute atomic E-state index is 6.45. The van der Waals surface area contributed by atoms with Gasteiger partial charge in [0.2, 0.25) is 0 Å². The second kappa shape index (κ2) is 13.7. The summed E-state index contributed by atoms with van der Waals surface area (Å²) in [5.74, 6) is 0.735. The van der Waals surface area contributed by atoms with Crippen LogP contribution >= 0.6 is 36.4 Å². The maximum Gasteiger partial charge on any atom is 0.138 e. The van der Waals surface area contributed by atoms with E-state index in [1.165, 1.54) is 24.0 Å². The number of rotatable bonds is 8. The number of nitrogens with zero attached hydrogens (tertiary/aromatic N) is 1. The minimum Gasteiger partial charge on any atom is -0.487 e. The smallest absolute Gasteiger partial charge is 0.138 e. The third kappa shape index (κ3) is 7.99. The molecule has 1 fully saturated rings. The largest absolute Gasteiger partial charge is 0.487 e. The van der Waals surface area contributed by atoms with Crippen molar-refractivity contribution >= 4 is 36.4 Å². The Morgan fingerprint density at radius 1 is 0.812 bits per heavy atom. The van der Waals surface area contributed by atoms with Gasteiger partial charge in [-0.25, -0.2) is 0 Å². The van der Waals surface area contributed by atoms with E-state index in [2.05, 4.69) is 58.7 Å². The second-order valence-electron chi connectivity index (χ2n) is 7.96. The van der Waals surface area contributed by atoms with E-state index < -0.39 is 0 Å². The molecule has 1 N–H and O–H groups in total. The second-order valence-corrected chi connectivity index (χ2v) is 8.36. The lowest BCUT2D eigenvalue weighted by Crippen LogP contribution is -2.41. The average Bonchev–Trinajstić information content (AvgIpc) is 2.79. The topological polar surface area (TPSA) is 24.5 Å². The minimum absolute atomic E-state index is 0. The molecule has 3 nitrogen and oxygen atoms in total. The van der Waals surface area contributed by atoms with Gasteiger partial charge in [0.25, 0.3) is 0 Å². The van der Waals surface area contributed by atoms with E-state index in [1.807, 2.05) is 30.3 Å². The molecule has 0 amide bonds. The fourth-order valence-electron chi connectivity index (χ4n) is 3.91. The van der Waals surface area contributed by atoms with Crippen molar-refractivity contribution in [2.75, 3.05) is 13.1 Å². The Morgan fingerprint density at radius 3 is 2.06 bits per heavy atom. The van der Waals surface area contributed by atoms with Crippen LogP contribution in [-0.4, -0.2) is 24.0 Å². The molecule has 0 saturated carbocycles. The van der Waals surface area contributed by atoms with Gasteiger partial charge in [-0.15, -0.1) is 24.8 Å². The summed E-state index contributed by atoms with van der Waals surface area (Å²) in [6.07, 6.45) is 2.36. The molecule has 0 aromatic heterocycles. The molecule has 0 unspecified atom stereocenters. The van der Waals surface area contributed by atoms with E-state index in [0.29, 0.717) is 17.7 Å². The molecule has 0 atom stereocenters. The van der Waals surface area contributed by atoms with E-state index >= 15 is 0 Å². The summed E-state index contributed by atoms with van der Waals surface area (Å²) in [6.45, 7) is 4.69. The van der Waals surface area contributed by atoms with Gasteiger partial charge >= 0.3 is 0 Å². The van der Waals surface area contributed by atoms with E-state index in [4.69, 9.17) is 16.3 Å². The maximum atomic E-state index is 6.45. The van der Waals surface area contributed by atoms with Crippen molar-refractivity contribution < 1.29 is 4.74 Å². The molecular formula is C26H31Cl3N2O. The third-order valence-electron chi connectivity index (χ3n) is 5.66. The zero-order valence-corrected chi connectivity index (χ0v) is 20.5. The molecule has 3 aromatic rings.